The summed E-state index contributed by atoms with van der Waals surface area (Å²) in [6.07, 6.45) is 4.76. The highest BCUT2D eigenvalue weighted by atomic mass is 19.3. The minimum Gasteiger partial charge on any atom is -0.435 e. The molecule has 2 aromatic rings. The fourth-order valence-corrected chi connectivity index (χ4v) is 1.74. The lowest BCUT2D eigenvalue weighted by Gasteiger charge is -2.04. The van der Waals surface area contributed by atoms with Gasteiger partial charge in [-0.3, -0.25) is 9.48 Å². The standard InChI is InChI=1S/C15H14F2N2O2/c1-10-12(9-18-19(10)2)5-8-14(20)11-3-6-13(7-4-11)21-15(16)17/h3-9,15H,1-2H3/b8-5+. The van der Waals surface area contributed by atoms with Gasteiger partial charge in [0, 0.05) is 23.9 Å². The zero-order chi connectivity index (χ0) is 15.4. The monoisotopic (exact) mass is 292 g/mol. The number of alkyl halides is 2. The molecule has 0 N–H and O–H groups in total. The number of hydrogen-bond donors (Lipinski definition) is 0. The fraction of sp³-hybridized carbons (Fsp3) is 0.200. The average molecular weight is 292 g/mol. The highest BCUT2D eigenvalue weighted by Gasteiger charge is 2.06. The number of ether oxygens (including phenoxy) is 1. The molecule has 21 heavy (non-hydrogen) atoms. The van der Waals surface area contributed by atoms with Crippen LogP contribution in [0.2, 0.25) is 0 Å². The van der Waals surface area contributed by atoms with Gasteiger partial charge in [0.05, 0.1) is 6.20 Å². The number of ketones is 1. The van der Waals surface area contributed by atoms with E-state index in [-0.39, 0.29) is 11.5 Å². The van der Waals surface area contributed by atoms with Crippen molar-refractivity contribution in [2.45, 2.75) is 13.5 Å². The molecule has 0 saturated carbocycles. The lowest BCUT2D eigenvalue weighted by Crippen LogP contribution is -2.02. The van der Waals surface area contributed by atoms with Crippen LogP contribution < -0.4 is 4.74 Å². The van der Waals surface area contributed by atoms with Crippen LogP contribution in [0.25, 0.3) is 6.08 Å². The Hall–Kier alpha value is -2.50. The molecule has 0 spiro atoms. The Labute approximate surface area is 120 Å². The first-order valence-electron chi connectivity index (χ1n) is 6.23. The Bertz CT molecular complexity index is 661. The summed E-state index contributed by atoms with van der Waals surface area (Å²) in [6.45, 7) is -0.979. The van der Waals surface area contributed by atoms with Crippen LogP contribution in [0.4, 0.5) is 8.78 Å². The second-order valence-electron chi connectivity index (χ2n) is 4.41. The number of carbonyl (C=O) groups excluding carboxylic acids is 1. The summed E-state index contributed by atoms with van der Waals surface area (Å²) in [5.41, 5.74) is 2.19. The Morgan fingerprint density at radius 3 is 2.52 bits per heavy atom. The maximum atomic E-state index is 12.0. The number of allylic oxidation sites excluding steroid dienone is 1. The van der Waals surface area contributed by atoms with Gasteiger partial charge < -0.3 is 4.74 Å². The van der Waals surface area contributed by atoms with Gasteiger partial charge >= 0.3 is 6.61 Å². The first-order valence-corrected chi connectivity index (χ1v) is 6.23. The Morgan fingerprint density at radius 2 is 2.00 bits per heavy atom. The van der Waals surface area contributed by atoms with Crippen molar-refractivity contribution >= 4 is 11.9 Å². The van der Waals surface area contributed by atoms with E-state index in [9.17, 15) is 13.6 Å². The first kappa shape index (κ1) is 14.9. The van der Waals surface area contributed by atoms with Gasteiger partial charge in [-0.1, -0.05) is 0 Å². The second-order valence-corrected chi connectivity index (χ2v) is 4.41. The molecule has 110 valence electrons. The summed E-state index contributed by atoms with van der Waals surface area (Å²) in [5.74, 6) is -0.199. The fourth-order valence-electron chi connectivity index (χ4n) is 1.74. The third kappa shape index (κ3) is 3.75. The summed E-state index contributed by atoms with van der Waals surface area (Å²) >= 11 is 0. The summed E-state index contributed by atoms with van der Waals surface area (Å²) in [6, 6.07) is 5.56. The van der Waals surface area contributed by atoms with Crippen LogP contribution in [0.3, 0.4) is 0 Å². The molecule has 0 radical (unpaired) electrons. The van der Waals surface area contributed by atoms with E-state index in [1.807, 2.05) is 14.0 Å². The molecule has 0 aliphatic heterocycles. The molecule has 0 amide bonds. The first-order chi connectivity index (χ1) is 9.97. The Balaban J connectivity index is 2.08. The van der Waals surface area contributed by atoms with Crippen LogP contribution in [-0.4, -0.2) is 22.2 Å². The van der Waals surface area contributed by atoms with Gasteiger partial charge in [-0.2, -0.15) is 13.9 Å². The largest absolute Gasteiger partial charge is 0.435 e. The molecule has 0 unspecified atom stereocenters. The van der Waals surface area contributed by atoms with Crippen LogP contribution in [0, 0.1) is 6.92 Å². The summed E-state index contributed by atoms with van der Waals surface area (Å²) < 4.78 is 30.0. The van der Waals surface area contributed by atoms with Crippen LogP contribution in [0.15, 0.2) is 36.5 Å². The van der Waals surface area contributed by atoms with Crippen LogP contribution >= 0.6 is 0 Å². The molecule has 6 heteroatoms. The Kier molecular flexibility index (Phi) is 4.47. The zero-order valence-electron chi connectivity index (χ0n) is 11.6. The van der Waals surface area contributed by atoms with E-state index >= 15 is 0 Å². The lowest BCUT2D eigenvalue weighted by molar-refractivity contribution is -0.0498. The summed E-state index contributed by atoms with van der Waals surface area (Å²) in [5, 5.41) is 4.07. The molecule has 2 rings (SSSR count). The van der Waals surface area contributed by atoms with Crippen LogP contribution in [0.1, 0.15) is 21.6 Å². The number of hydrogen-bond acceptors (Lipinski definition) is 3. The van der Waals surface area contributed by atoms with Gasteiger partial charge in [0.15, 0.2) is 5.78 Å². The summed E-state index contributed by atoms with van der Waals surface area (Å²) in [7, 11) is 1.82. The third-order valence-electron chi connectivity index (χ3n) is 3.05. The summed E-state index contributed by atoms with van der Waals surface area (Å²) in [4.78, 5) is 12.0. The van der Waals surface area contributed by atoms with Crippen molar-refractivity contribution in [3.8, 4) is 5.75 Å². The van der Waals surface area contributed by atoms with Crippen molar-refractivity contribution in [1.82, 2.24) is 9.78 Å². The van der Waals surface area contributed by atoms with E-state index in [1.165, 1.54) is 30.3 Å². The molecular weight excluding hydrogens is 278 g/mol. The molecule has 0 atom stereocenters. The quantitative estimate of drug-likeness (QED) is 0.628. The third-order valence-corrected chi connectivity index (χ3v) is 3.05. The molecule has 0 bridgehead atoms. The molecule has 0 aliphatic rings. The van der Waals surface area contributed by atoms with Crippen molar-refractivity contribution in [1.29, 1.82) is 0 Å². The highest BCUT2D eigenvalue weighted by Crippen LogP contribution is 2.16. The van der Waals surface area contributed by atoms with Crippen molar-refractivity contribution < 1.29 is 18.3 Å². The van der Waals surface area contributed by atoms with Crippen LogP contribution in [0.5, 0.6) is 5.75 Å². The van der Waals surface area contributed by atoms with E-state index in [0.717, 1.165) is 11.3 Å². The molecule has 0 saturated heterocycles. The molecule has 4 nitrogen and oxygen atoms in total. The van der Waals surface area contributed by atoms with Crippen molar-refractivity contribution in [3.63, 3.8) is 0 Å². The topological polar surface area (TPSA) is 44.1 Å². The number of rotatable bonds is 5. The van der Waals surface area contributed by atoms with Crippen molar-refractivity contribution in [3.05, 3.63) is 53.4 Å². The minimum atomic E-state index is -2.87. The molecule has 1 aromatic heterocycles. The van der Waals surface area contributed by atoms with Crippen molar-refractivity contribution in [2.75, 3.05) is 0 Å². The molecular formula is C15H14F2N2O2. The molecule has 1 aromatic carbocycles. The second kappa shape index (κ2) is 6.30. The highest BCUT2D eigenvalue weighted by molar-refractivity contribution is 6.06. The molecule has 0 aliphatic carbocycles. The van der Waals surface area contributed by atoms with Crippen molar-refractivity contribution in [2.24, 2.45) is 7.05 Å². The number of nitrogens with zero attached hydrogens (tertiary/aromatic N) is 2. The number of carbonyl (C=O) groups is 1. The van der Waals surface area contributed by atoms with Gasteiger partial charge in [-0.05, 0) is 43.3 Å². The van der Waals surface area contributed by atoms with Gasteiger partial charge in [0.25, 0.3) is 0 Å². The Morgan fingerprint density at radius 1 is 1.33 bits per heavy atom. The van der Waals surface area contributed by atoms with E-state index < -0.39 is 6.61 Å². The maximum absolute atomic E-state index is 12.0. The van der Waals surface area contributed by atoms with Gasteiger partial charge in [-0.25, -0.2) is 0 Å². The number of benzene rings is 1. The lowest BCUT2D eigenvalue weighted by atomic mass is 10.1. The molecule has 0 fully saturated rings. The SMILES string of the molecule is Cc1c(/C=C/C(=O)c2ccc(OC(F)F)cc2)cnn1C. The van der Waals surface area contributed by atoms with E-state index in [0.29, 0.717) is 5.56 Å². The number of halogens is 2. The predicted molar refractivity (Wildman–Crippen MR) is 74.4 cm³/mol. The van der Waals surface area contributed by atoms with E-state index in [4.69, 9.17) is 0 Å². The van der Waals surface area contributed by atoms with E-state index in [1.54, 1.807) is 17.0 Å². The van der Waals surface area contributed by atoms with E-state index in [2.05, 4.69) is 9.84 Å². The maximum Gasteiger partial charge on any atom is 0.387 e. The zero-order valence-corrected chi connectivity index (χ0v) is 11.6. The van der Waals surface area contributed by atoms with Gasteiger partial charge in [0.1, 0.15) is 5.75 Å². The normalized spacial score (nSPS) is 11.3. The average Bonchev–Trinajstić information content (AvgIpc) is 2.76. The van der Waals surface area contributed by atoms with Gasteiger partial charge in [-0.15, -0.1) is 0 Å². The predicted octanol–water partition coefficient (Wildman–Crippen LogP) is 3.23. The smallest absolute Gasteiger partial charge is 0.387 e. The number of aryl methyl sites for hydroxylation is 1. The minimum absolute atomic E-state index is 0.0219. The van der Waals surface area contributed by atoms with Gasteiger partial charge in [0.2, 0.25) is 0 Å². The molecule has 1 heterocycles. The van der Waals surface area contributed by atoms with Crippen LogP contribution in [-0.2, 0) is 7.05 Å². The number of aromatic nitrogens is 2.